The molecule has 0 radical (unpaired) electrons. The minimum Gasteiger partial charge on any atom is -0.351 e. The average molecular weight is 401 g/mol. The average Bonchev–Trinajstić information content (AvgIpc) is 3.31. The van der Waals surface area contributed by atoms with Gasteiger partial charge in [-0.25, -0.2) is 4.39 Å². The number of ether oxygens (including phenoxy) is 1. The van der Waals surface area contributed by atoms with E-state index in [9.17, 15) is 14.0 Å². The van der Waals surface area contributed by atoms with Crippen molar-refractivity contribution in [1.82, 2.24) is 9.80 Å². The van der Waals surface area contributed by atoms with Gasteiger partial charge in [0.1, 0.15) is 5.82 Å². The van der Waals surface area contributed by atoms with Crippen molar-refractivity contribution in [2.45, 2.75) is 30.7 Å². The van der Waals surface area contributed by atoms with Crippen LogP contribution in [0.5, 0.6) is 0 Å². The molecule has 0 bridgehead atoms. The van der Waals surface area contributed by atoms with E-state index >= 15 is 0 Å². The molecule has 3 aliphatic rings. The Kier molecular flexibility index (Phi) is 3.96. The molecule has 144 valence electrons. The first kappa shape index (κ1) is 17.6. The molecule has 5 nitrogen and oxygen atoms in total. The maximum absolute atomic E-state index is 14.3. The van der Waals surface area contributed by atoms with Crippen LogP contribution in [0, 0.1) is 5.82 Å². The molecule has 0 unspecified atom stereocenters. The number of nitrogens with zero attached hydrogens (tertiary/aromatic N) is 2. The molecule has 3 saturated heterocycles. The second-order valence-corrected chi connectivity index (χ2v) is 7.82. The highest BCUT2D eigenvalue weighted by Gasteiger charge is 2.65. The third-order valence-electron chi connectivity index (χ3n) is 6.08. The lowest BCUT2D eigenvalue weighted by atomic mass is 10.0. The summed E-state index contributed by atoms with van der Waals surface area (Å²) in [6.07, 6.45) is 0.672. The summed E-state index contributed by atoms with van der Waals surface area (Å²) >= 11 is 6.09. The minimum atomic E-state index is -0.842. The molecule has 3 heterocycles. The molecule has 28 heavy (non-hydrogen) atoms. The van der Waals surface area contributed by atoms with E-state index in [1.807, 2.05) is 30.3 Å². The van der Waals surface area contributed by atoms with E-state index in [1.165, 1.54) is 18.2 Å². The molecular formula is C21H18ClFN2O3. The standard InChI is InChI=1S/C21H18ClFN2O3/c22-14-7-4-8-15(23)19(14)20(27)24-10-9-21-17(24)11-18(26)25(21)16(12-28-21)13-5-2-1-3-6-13/h1-8,16-17H,9-12H2/t16-,17+,21-/m0/s1. The topological polar surface area (TPSA) is 49.9 Å². The first-order chi connectivity index (χ1) is 13.5. The van der Waals surface area contributed by atoms with Gasteiger partial charge in [-0.15, -0.1) is 0 Å². The summed E-state index contributed by atoms with van der Waals surface area (Å²) in [6, 6.07) is 13.3. The zero-order valence-corrected chi connectivity index (χ0v) is 15.7. The van der Waals surface area contributed by atoms with Crippen molar-refractivity contribution in [3.8, 4) is 0 Å². The summed E-state index contributed by atoms with van der Waals surface area (Å²) < 4.78 is 20.5. The zero-order chi connectivity index (χ0) is 19.5. The van der Waals surface area contributed by atoms with Gasteiger partial charge in [0.2, 0.25) is 5.91 Å². The third-order valence-corrected chi connectivity index (χ3v) is 6.39. The highest BCUT2D eigenvalue weighted by atomic mass is 35.5. The smallest absolute Gasteiger partial charge is 0.258 e. The lowest BCUT2D eigenvalue weighted by molar-refractivity contribution is -0.138. The molecule has 2 aromatic carbocycles. The Balaban J connectivity index is 1.49. The first-order valence-corrected chi connectivity index (χ1v) is 9.67. The SMILES string of the molecule is O=C(c1c(F)cccc1Cl)N1CC[C@@]23OC[C@@H](c4ccccc4)N2C(=O)C[C@@H]13. The summed E-state index contributed by atoms with van der Waals surface area (Å²) in [7, 11) is 0. The lowest BCUT2D eigenvalue weighted by Crippen LogP contribution is -2.49. The molecule has 0 aliphatic carbocycles. The van der Waals surface area contributed by atoms with E-state index in [0.717, 1.165) is 5.56 Å². The number of hydrogen-bond acceptors (Lipinski definition) is 3. The Bertz CT molecular complexity index is 949. The summed E-state index contributed by atoms with van der Waals surface area (Å²) in [5.41, 5.74) is 0.0189. The molecule has 3 aliphatic heterocycles. The molecule has 0 aromatic heterocycles. The predicted octanol–water partition coefficient (Wildman–Crippen LogP) is 3.39. The number of benzene rings is 2. The summed E-state index contributed by atoms with van der Waals surface area (Å²) in [6.45, 7) is 0.772. The molecule has 0 N–H and O–H groups in total. The van der Waals surface area contributed by atoms with Crippen LogP contribution < -0.4 is 0 Å². The van der Waals surface area contributed by atoms with E-state index < -0.39 is 23.5 Å². The number of carbonyl (C=O) groups is 2. The second-order valence-electron chi connectivity index (χ2n) is 7.41. The van der Waals surface area contributed by atoms with Crippen molar-refractivity contribution in [3.05, 3.63) is 70.5 Å². The molecule has 0 saturated carbocycles. The van der Waals surface area contributed by atoms with Crippen LogP contribution in [-0.4, -0.2) is 46.5 Å². The maximum atomic E-state index is 14.3. The van der Waals surface area contributed by atoms with Gasteiger partial charge in [0, 0.05) is 13.0 Å². The monoisotopic (exact) mass is 400 g/mol. The van der Waals surface area contributed by atoms with Gasteiger partial charge in [0.05, 0.1) is 35.7 Å². The van der Waals surface area contributed by atoms with E-state index in [0.29, 0.717) is 19.6 Å². The van der Waals surface area contributed by atoms with Crippen molar-refractivity contribution in [2.24, 2.45) is 0 Å². The number of hydrogen-bond donors (Lipinski definition) is 0. The number of likely N-dealkylation sites (tertiary alicyclic amines) is 1. The van der Waals surface area contributed by atoms with E-state index in [-0.39, 0.29) is 29.0 Å². The maximum Gasteiger partial charge on any atom is 0.258 e. The Hall–Kier alpha value is -2.44. The van der Waals surface area contributed by atoms with Gasteiger partial charge in [-0.1, -0.05) is 48.0 Å². The first-order valence-electron chi connectivity index (χ1n) is 9.29. The highest BCUT2D eigenvalue weighted by molar-refractivity contribution is 6.33. The van der Waals surface area contributed by atoms with Gasteiger partial charge in [-0.3, -0.25) is 9.59 Å². The van der Waals surface area contributed by atoms with E-state index in [2.05, 4.69) is 0 Å². The number of amides is 2. The highest BCUT2D eigenvalue weighted by Crippen LogP contribution is 2.51. The van der Waals surface area contributed by atoms with Crippen LogP contribution in [0.1, 0.15) is 34.8 Å². The molecule has 3 atom stereocenters. The van der Waals surface area contributed by atoms with Gasteiger partial charge >= 0.3 is 0 Å². The molecular weight excluding hydrogens is 383 g/mol. The van der Waals surface area contributed by atoms with E-state index in [4.69, 9.17) is 16.3 Å². The van der Waals surface area contributed by atoms with Crippen molar-refractivity contribution in [1.29, 1.82) is 0 Å². The molecule has 2 amide bonds. The van der Waals surface area contributed by atoms with Crippen molar-refractivity contribution < 1.29 is 18.7 Å². The fourth-order valence-corrected chi connectivity index (χ4v) is 5.10. The summed E-state index contributed by atoms with van der Waals surface area (Å²) in [5.74, 6) is -1.20. The molecule has 3 fully saturated rings. The molecule has 2 aromatic rings. The Morgan fingerprint density at radius 3 is 2.71 bits per heavy atom. The zero-order valence-electron chi connectivity index (χ0n) is 15.0. The van der Waals surface area contributed by atoms with Crippen LogP contribution in [0.15, 0.2) is 48.5 Å². The van der Waals surface area contributed by atoms with Crippen LogP contribution in [-0.2, 0) is 9.53 Å². The molecule has 5 rings (SSSR count). The van der Waals surface area contributed by atoms with Crippen LogP contribution in [0.2, 0.25) is 5.02 Å². The Morgan fingerprint density at radius 2 is 1.96 bits per heavy atom. The van der Waals surface area contributed by atoms with Gasteiger partial charge in [0.15, 0.2) is 5.72 Å². The van der Waals surface area contributed by atoms with Crippen molar-refractivity contribution in [3.63, 3.8) is 0 Å². The quantitative estimate of drug-likeness (QED) is 0.776. The van der Waals surface area contributed by atoms with Crippen LogP contribution in [0.3, 0.4) is 0 Å². The summed E-state index contributed by atoms with van der Waals surface area (Å²) in [5, 5.41) is 0.0710. The molecule has 1 spiro atoms. The van der Waals surface area contributed by atoms with E-state index in [1.54, 1.807) is 9.80 Å². The van der Waals surface area contributed by atoms with Gasteiger partial charge < -0.3 is 14.5 Å². The van der Waals surface area contributed by atoms with Crippen LogP contribution in [0.25, 0.3) is 0 Å². The largest absolute Gasteiger partial charge is 0.351 e. The Labute approximate surface area is 166 Å². The second kappa shape index (κ2) is 6.29. The normalized spacial score (nSPS) is 28.6. The van der Waals surface area contributed by atoms with Gasteiger partial charge in [-0.05, 0) is 17.7 Å². The lowest BCUT2D eigenvalue weighted by Gasteiger charge is -2.33. The fraction of sp³-hybridized carbons (Fsp3) is 0.333. The van der Waals surface area contributed by atoms with Gasteiger partial charge in [-0.2, -0.15) is 0 Å². The number of rotatable bonds is 2. The number of carbonyl (C=O) groups excluding carboxylic acids is 2. The molecule has 7 heteroatoms. The van der Waals surface area contributed by atoms with Gasteiger partial charge in [0.25, 0.3) is 5.91 Å². The van der Waals surface area contributed by atoms with Crippen molar-refractivity contribution in [2.75, 3.05) is 13.2 Å². The van der Waals surface area contributed by atoms with Crippen LogP contribution >= 0.6 is 11.6 Å². The predicted molar refractivity (Wildman–Crippen MR) is 100 cm³/mol. The third kappa shape index (κ3) is 2.34. The summed E-state index contributed by atoms with van der Waals surface area (Å²) in [4.78, 5) is 29.3. The number of halogens is 2. The minimum absolute atomic E-state index is 0.0477. The fourth-order valence-electron chi connectivity index (χ4n) is 4.85. The van der Waals surface area contributed by atoms with Crippen LogP contribution in [0.4, 0.5) is 4.39 Å². The Morgan fingerprint density at radius 1 is 1.18 bits per heavy atom. The van der Waals surface area contributed by atoms with Crippen molar-refractivity contribution >= 4 is 23.4 Å².